The molecule has 4 N–H and O–H groups in total. The van der Waals surface area contributed by atoms with Gasteiger partial charge >= 0.3 is 0 Å². The van der Waals surface area contributed by atoms with Gasteiger partial charge in [0.25, 0.3) is 0 Å². The van der Waals surface area contributed by atoms with Crippen LogP contribution in [0.1, 0.15) is 6.42 Å². The van der Waals surface area contributed by atoms with Gasteiger partial charge in [0.05, 0.1) is 6.20 Å². The number of anilines is 2. The van der Waals surface area contributed by atoms with Gasteiger partial charge in [0, 0.05) is 19.0 Å². The number of hydrogen-bond donors (Lipinski definition) is 2. The van der Waals surface area contributed by atoms with Gasteiger partial charge < -0.3 is 11.5 Å². The first-order chi connectivity index (χ1) is 7.08. The van der Waals surface area contributed by atoms with Crippen LogP contribution in [0.25, 0.3) is 0 Å². The van der Waals surface area contributed by atoms with Gasteiger partial charge in [-0.2, -0.15) is 0 Å². The summed E-state index contributed by atoms with van der Waals surface area (Å²) in [7, 11) is 0. The fourth-order valence-electron chi connectivity index (χ4n) is 1.52. The molecular weight excluding hydrogens is 262 g/mol. The molecule has 1 aromatic rings. The quantitative estimate of drug-likeness (QED) is 0.743. The van der Waals surface area contributed by atoms with Crippen molar-refractivity contribution in [3.8, 4) is 0 Å². The van der Waals surface area contributed by atoms with Gasteiger partial charge in [-0.05, 0) is 15.9 Å². The molecule has 0 spiro atoms. The molecule has 1 unspecified atom stereocenters. The lowest BCUT2D eigenvalue weighted by molar-refractivity contribution is -0.117. The van der Waals surface area contributed by atoms with E-state index in [1.807, 2.05) is 0 Å². The second-order valence-electron chi connectivity index (χ2n) is 3.37. The molecule has 2 heterocycles. The molecule has 1 fully saturated rings. The number of nitrogens with two attached hydrogens (primary N) is 2. The van der Waals surface area contributed by atoms with Crippen LogP contribution in [0.3, 0.4) is 0 Å². The van der Waals surface area contributed by atoms with Gasteiger partial charge in [-0.15, -0.1) is 0 Å². The molecule has 1 aliphatic rings. The van der Waals surface area contributed by atoms with Gasteiger partial charge in [0.1, 0.15) is 4.60 Å². The second-order valence-corrected chi connectivity index (χ2v) is 4.18. The Kier molecular flexibility index (Phi) is 2.57. The minimum atomic E-state index is -0.151. The Hall–Kier alpha value is -1.21. The van der Waals surface area contributed by atoms with E-state index in [0.29, 0.717) is 23.4 Å². The van der Waals surface area contributed by atoms with Crippen molar-refractivity contribution in [1.82, 2.24) is 9.97 Å². The molecule has 6 nitrogen and oxygen atoms in total. The molecule has 1 saturated heterocycles. The van der Waals surface area contributed by atoms with Crippen LogP contribution in [0.15, 0.2) is 10.8 Å². The van der Waals surface area contributed by atoms with Crippen molar-refractivity contribution in [2.45, 2.75) is 12.5 Å². The van der Waals surface area contributed by atoms with E-state index in [2.05, 4.69) is 25.9 Å². The maximum Gasteiger partial charge on any atom is 0.229 e. The maximum absolute atomic E-state index is 11.5. The molecule has 80 valence electrons. The van der Waals surface area contributed by atoms with Crippen LogP contribution in [-0.4, -0.2) is 28.5 Å². The topological polar surface area (TPSA) is 98.1 Å². The van der Waals surface area contributed by atoms with Crippen molar-refractivity contribution in [1.29, 1.82) is 0 Å². The van der Waals surface area contributed by atoms with E-state index < -0.39 is 0 Å². The number of aromatic nitrogens is 2. The largest absolute Gasteiger partial charge is 0.381 e. The number of hydrogen-bond acceptors (Lipinski definition) is 5. The van der Waals surface area contributed by atoms with Crippen molar-refractivity contribution >= 4 is 33.5 Å². The minimum Gasteiger partial charge on any atom is -0.381 e. The highest BCUT2D eigenvalue weighted by molar-refractivity contribution is 9.10. The summed E-state index contributed by atoms with van der Waals surface area (Å²) in [5.41, 5.74) is 11.3. The number of rotatable bonds is 1. The van der Waals surface area contributed by atoms with Gasteiger partial charge in [-0.1, -0.05) is 0 Å². The van der Waals surface area contributed by atoms with E-state index >= 15 is 0 Å². The summed E-state index contributed by atoms with van der Waals surface area (Å²) in [5.74, 6) is 0.550. The molecule has 0 aliphatic carbocycles. The summed E-state index contributed by atoms with van der Waals surface area (Å²) in [4.78, 5) is 21.0. The molecule has 15 heavy (non-hydrogen) atoms. The molecule has 0 saturated carbocycles. The predicted octanol–water partition coefficient (Wildman–Crippen LogP) is -0.115. The first-order valence-electron chi connectivity index (χ1n) is 4.42. The molecule has 1 aliphatic heterocycles. The summed E-state index contributed by atoms with van der Waals surface area (Å²) >= 11 is 3.15. The fourth-order valence-corrected chi connectivity index (χ4v) is 1.82. The number of nitrogens with zero attached hydrogens (tertiary/aromatic N) is 3. The van der Waals surface area contributed by atoms with E-state index in [4.69, 9.17) is 11.5 Å². The fraction of sp³-hybridized carbons (Fsp3) is 0.375. The summed E-state index contributed by atoms with van der Waals surface area (Å²) in [6, 6.07) is -0.151. The molecule has 0 radical (unpaired) electrons. The maximum atomic E-state index is 11.5. The normalized spacial score (nSPS) is 21.1. The lowest BCUT2D eigenvalue weighted by Crippen LogP contribution is -2.29. The number of amides is 1. The van der Waals surface area contributed by atoms with E-state index in [1.54, 1.807) is 0 Å². The van der Waals surface area contributed by atoms with Crippen molar-refractivity contribution in [2.24, 2.45) is 5.73 Å². The summed E-state index contributed by atoms with van der Waals surface area (Å²) < 4.78 is 0.541. The standard InChI is InChI=1S/C8H10BrN5O/c9-5-2-12-8(7(11)13-5)14-3-4(10)1-6(14)15/h2,4H,1,3,10H2,(H2,11,13). The third kappa shape index (κ3) is 1.93. The third-order valence-corrected chi connectivity index (χ3v) is 2.54. The average molecular weight is 272 g/mol. The van der Waals surface area contributed by atoms with Crippen LogP contribution in [-0.2, 0) is 4.79 Å². The summed E-state index contributed by atoms with van der Waals surface area (Å²) in [5, 5.41) is 0. The molecule has 1 atom stereocenters. The minimum absolute atomic E-state index is 0.0641. The summed E-state index contributed by atoms with van der Waals surface area (Å²) in [6.45, 7) is 0.444. The first-order valence-corrected chi connectivity index (χ1v) is 5.21. The number of carbonyl (C=O) groups excluding carboxylic acids is 1. The Morgan fingerprint density at radius 1 is 1.60 bits per heavy atom. The van der Waals surface area contributed by atoms with Crippen LogP contribution in [0.2, 0.25) is 0 Å². The van der Waals surface area contributed by atoms with Crippen LogP contribution >= 0.6 is 15.9 Å². The highest BCUT2D eigenvalue weighted by Crippen LogP contribution is 2.24. The lowest BCUT2D eigenvalue weighted by atomic mass is 10.3. The predicted molar refractivity (Wildman–Crippen MR) is 59.1 cm³/mol. The van der Waals surface area contributed by atoms with Gasteiger partial charge in [0.2, 0.25) is 5.91 Å². The molecule has 2 rings (SSSR count). The molecular formula is C8H10BrN5O. The van der Waals surface area contributed by atoms with Gasteiger partial charge in [0.15, 0.2) is 11.6 Å². The molecule has 0 aromatic carbocycles. The number of halogens is 1. The van der Waals surface area contributed by atoms with Crippen LogP contribution in [0.4, 0.5) is 11.6 Å². The second kappa shape index (κ2) is 3.74. The molecule has 0 bridgehead atoms. The zero-order valence-electron chi connectivity index (χ0n) is 7.85. The Morgan fingerprint density at radius 3 is 2.87 bits per heavy atom. The van der Waals surface area contributed by atoms with E-state index in [0.717, 1.165) is 0 Å². The van der Waals surface area contributed by atoms with E-state index in [9.17, 15) is 4.79 Å². The van der Waals surface area contributed by atoms with Gasteiger partial charge in [-0.25, -0.2) is 9.97 Å². The lowest BCUT2D eigenvalue weighted by Gasteiger charge is -2.15. The van der Waals surface area contributed by atoms with Crippen molar-refractivity contribution in [3.63, 3.8) is 0 Å². The van der Waals surface area contributed by atoms with Crippen LogP contribution in [0, 0.1) is 0 Å². The van der Waals surface area contributed by atoms with Crippen molar-refractivity contribution in [2.75, 3.05) is 17.2 Å². The Balaban J connectivity index is 2.34. The van der Waals surface area contributed by atoms with Crippen LogP contribution in [0.5, 0.6) is 0 Å². The SMILES string of the molecule is Nc1nc(Br)cnc1N1CC(N)CC1=O. The average Bonchev–Trinajstić information content (AvgIpc) is 2.45. The molecule has 7 heteroatoms. The monoisotopic (exact) mass is 271 g/mol. The van der Waals surface area contributed by atoms with E-state index in [1.165, 1.54) is 11.1 Å². The van der Waals surface area contributed by atoms with E-state index in [-0.39, 0.29) is 17.8 Å². The summed E-state index contributed by atoms with van der Waals surface area (Å²) in [6.07, 6.45) is 1.83. The van der Waals surface area contributed by atoms with Crippen molar-refractivity contribution < 1.29 is 4.79 Å². The first kappa shape index (κ1) is 10.3. The Bertz CT molecular complexity index is 410. The van der Waals surface area contributed by atoms with Crippen molar-refractivity contribution in [3.05, 3.63) is 10.8 Å². The zero-order valence-corrected chi connectivity index (χ0v) is 9.44. The molecule has 1 amide bonds. The number of carbonyl (C=O) groups is 1. The number of nitrogen functional groups attached to an aromatic ring is 1. The third-order valence-electron chi connectivity index (χ3n) is 2.16. The highest BCUT2D eigenvalue weighted by atomic mass is 79.9. The smallest absolute Gasteiger partial charge is 0.229 e. The molecule has 1 aromatic heterocycles. The Morgan fingerprint density at radius 2 is 2.33 bits per heavy atom. The zero-order chi connectivity index (χ0) is 11.0. The van der Waals surface area contributed by atoms with Crippen LogP contribution < -0.4 is 16.4 Å². The highest BCUT2D eigenvalue weighted by Gasteiger charge is 2.30. The van der Waals surface area contributed by atoms with Gasteiger partial charge in [-0.3, -0.25) is 9.69 Å². The Labute approximate surface area is 94.8 Å².